The van der Waals surface area contributed by atoms with Gasteiger partial charge in [-0.05, 0) is 49.7 Å². The van der Waals surface area contributed by atoms with E-state index in [1.54, 1.807) is 12.1 Å². The van der Waals surface area contributed by atoms with Crippen LogP contribution >= 0.6 is 11.6 Å². The molecule has 166 valence electrons. The average Bonchev–Trinajstić information content (AvgIpc) is 3.29. The molecule has 0 saturated carbocycles. The Labute approximate surface area is 191 Å². The lowest BCUT2D eigenvalue weighted by molar-refractivity contribution is 0.519. The van der Waals surface area contributed by atoms with Crippen molar-refractivity contribution in [2.45, 2.75) is 26.0 Å². The molecule has 0 amide bonds. The highest BCUT2D eigenvalue weighted by atomic mass is 35.5. The summed E-state index contributed by atoms with van der Waals surface area (Å²) in [5, 5.41) is 12.9. The van der Waals surface area contributed by atoms with Crippen molar-refractivity contribution in [3.8, 4) is 17.1 Å². The van der Waals surface area contributed by atoms with Gasteiger partial charge in [0.2, 0.25) is 11.8 Å². The maximum absolute atomic E-state index is 11.4. The second-order valence-electron chi connectivity index (χ2n) is 7.71. The fourth-order valence-corrected chi connectivity index (χ4v) is 4.19. The monoisotopic (exact) mass is 471 g/mol. The van der Waals surface area contributed by atoms with Crippen LogP contribution in [0.3, 0.4) is 0 Å². The molecular formula is C22H22ClN5O3S. The second kappa shape index (κ2) is 8.40. The number of nitrogen functional groups attached to an aromatic ring is 1. The molecule has 2 aromatic carbocycles. The van der Waals surface area contributed by atoms with E-state index in [4.69, 9.17) is 21.8 Å². The minimum atomic E-state index is -3.24. The van der Waals surface area contributed by atoms with Crippen LogP contribution in [0.5, 0.6) is 0 Å². The van der Waals surface area contributed by atoms with Crippen molar-refractivity contribution >= 4 is 27.1 Å². The number of sulfone groups is 1. The molecule has 0 spiro atoms. The zero-order valence-electron chi connectivity index (χ0n) is 17.8. The van der Waals surface area contributed by atoms with Crippen LogP contribution in [-0.2, 0) is 22.0 Å². The van der Waals surface area contributed by atoms with E-state index in [-0.39, 0.29) is 17.5 Å². The minimum Gasteiger partial charge on any atom is -0.420 e. The Balaban J connectivity index is 1.55. The summed E-state index contributed by atoms with van der Waals surface area (Å²) in [6.45, 7) is 4.00. The Morgan fingerprint density at radius 3 is 2.47 bits per heavy atom. The van der Waals surface area contributed by atoms with Crippen LogP contribution in [0, 0.1) is 13.8 Å². The lowest BCUT2D eigenvalue weighted by atomic mass is 10.0. The van der Waals surface area contributed by atoms with Gasteiger partial charge in [-0.1, -0.05) is 23.7 Å². The molecule has 4 aromatic rings. The van der Waals surface area contributed by atoms with Gasteiger partial charge < -0.3 is 10.2 Å². The highest BCUT2D eigenvalue weighted by molar-refractivity contribution is 7.89. The van der Waals surface area contributed by atoms with E-state index < -0.39 is 9.84 Å². The van der Waals surface area contributed by atoms with E-state index in [1.165, 1.54) is 0 Å². The number of nitrogens with zero attached hydrogens (tertiary/aromatic N) is 4. The van der Waals surface area contributed by atoms with E-state index >= 15 is 0 Å². The molecule has 0 radical (unpaired) electrons. The van der Waals surface area contributed by atoms with Gasteiger partial charge in [0.15, 0.2) is 9.84 Å². The standard InChI is InChI=1S/C22H22ClN5O3S/c1-13-18(14(2)28(27-13)17-8-9-20(24)19(23)11-17)10-15-4-6-16(7-5-15)22-26-25-21(31-22)12-32(3,29)30/h4-9,11H,10,12,24H2,1-3H3. The number of halogens is 1. The summed E-state index contributed by atoms with van der Waals surface area (Å²) in [5.74, 6) is 0.0865. The SMILES string of the molecule is Cc1nn(-c2ccc(N)c(Cl)c2)c(C)c1Cc1ccc(-c2nnc(CS(C)(=O)=O)o2)cc1. The number of nitrogens with two attached hydrogens (primary N) is 1. The van der Waals surface area contributed by atoms with Crippen molar-refractivity contribution in [1.29, 1.82) is 0 Å². The maximum Gasteiger partial charge on any atom is 0.247 e. The van der Waals surface area contributed by atoms with Crippen LogP contribution in [0.2, 0.25) is 5.02 Å². The molecule has 0 atom stereocenters. The van der Waals surface area contributed by atoms with Gasteiger partial charge in [-0.2, -0.15) is 5.10 Å². The van der Waals surface area contributed by atoms with Gasteiger partial charge in [0.25, 0.3) is 0 Å². The van der Waals surface area contributed by atoms with Crippen molar-refractivity contribution in [1.82, 2.24) is 20.0 Å². The van der Waals surface area contributed by atoms with Gasteiger partial charge in [-0.3, -0.25) is 0 Å². The molecular weight excluding hydrogens is 450 g/mol. The number of aromatic nitrogens is 4. The fraction of sp³-hybridized carbons (Fsp3) is 0.227. The Hall–Kier alpha value is -3.17. The average molecular weight is 472 g/mol. The summed E-state index contributed by atoms with van der Waals surface area (Å²) in [7, 11) is -3.24. The first-order valence-corrected chi connectivity index (χ1v) is 12.2. The van der Waals surface area contributed by atoms with Crippen LogP contribution in [0.25, 0.3) is 17.1 Å². The van der Waals surface area contributed by atoms with E-state index in [1.807, 2.05) is 48.9 Å². The number of aryl methyl sites for hydroxylation is 1. The van der Waals surface area contributed by atoms with Crippen molar-refractivity contribution < 1.29 is 12.8 Å². The maximum atomic E-state index is 11.4. The summed E-state index contributed by atoms with van der Waals surface area (Å²) in [6, 6.07) is 13.2. The van der Waals surface area contributed by atoms with Crippen molar-refractivity contribution in [3.05, 3.63) is 75.9 Å². The molecule has 32 heavy (non-hydrogen) atoms. The third kappa shape index (κ3) is 4.68. The van der Waals surface area contributed by atoms with Gasteiger partial charge in [0.05, 0.1) is 22.1 Å². The summed E-state index contributed by atoms with van der Waals surface area (Å²) in [5.41, 5.74) is 12.1. The highest BCUT2D eigenvalue weighted by Gasteiger charge is 2.16. The highest BCUT2D eigenvalue weighted by Crippen LogP contribution is 2.26. The smallest absolute Gasteiger partial charge is 0.247 e. The van der Waals surface area contributed by atoms with Gasteiger partial charge in [0.1, 0.15) is 5.75 Å². The van der Waals surface area contributed by atoms with E-state index in [0.717, 1.165) is 40.0 Å². The third-order valence-corrected chi connectivity index (χ3v) is 6.20. The molecule has 0 aliphatic rings. The molecule has 4 rings (SSSR count). The summed E-state index contributed by atoms with van der Waals surface area (Å²) in [6.07, 6.45) is 1.82. The Morgan fingerprint density at radius 1 is 1.09 bits per heavy atom. The number of rotatable bonds is 6. The van der Waals surface area contributed by atoms with Crippen molar-refractivity contribution in [2.75, 3.05) is 12.0 Å². The predicted octanol–water partition coefficient (Wildman–Crippen LogP) is 3.91. The van der Waals surface area contributed by atoms with Gasteiger partial charge in [-0.25, -0.2) is 13.1 Å². The first kappa shape index (κ1) is 22.0. The zero-order valence-corrected chi connectivity index (χ0v) is 19.4. The second-order valence-corrected chi connectivity index (χ2v) is 10.3. The largest absolute Gasteiger partial charge is 0.420 e. The topological polar surface area (TPSA) is 117 Å². The van der Waals surface area contributed by atoms with Crippen LogP contribution in [0.4, 0.5) is 5.69 Å². The molecule has 0 aliphatic heterocycles. The molecule has 2 N–H and O–H groups in total. The molecule has 8 nitrogen and oxygen atoms in total. The van der Waals surface area contributed by atoms with Crippen molar-refractivity contribution in [3.63, 3.8) is 0 Å². The molecule has 2 heterocycles. The fourth-order valence-electron chi connectivity index (χ4n) is 3.45. The number of anilines is 1. The minimum absolute atomic E-state index is 0.0769. The molecule has 0 saturated heterocycles. The Kier molecular flexibility index (Phi) is 5.79. The summed E-state index contributed by atoms with van der Waals surface area (Å²) >= 11 is 6.18. The Bertz CT molecular complexity index is 1390. The molecule has 2 aromatic heterocycles. The number of benzene rings is 2. The first-order valence-electron chi connectivity index (χ1n) is 9.80. The molecule has 0 bridgehead atoms. The first-order chi connectivity index (χ1) is 15.1. The van der Waals surface area contributed by atoms with Gasteiger partial charge >= 0.3 is 0 Å². The third-order valence-electron chi connectivity index (χ3n) is 5.10. The lowest BCUT2D eigenvalue weighted by Gasteiger charge is -2.08. The number of hydrogen-bond acceptors (Lipinski definition) is 7. The van der Waals surface area contributed by atoms with E-state index in [2.05, 4.69) is 15.3 Å². The lowest BCUT2D eigenvalue weighted by Crippen LogP contribution is -2.00. The zero-order chi connectivity index (χ0) is 23.0. The van der Waals surface area contributed by atoms with E-state index in [0.29, 0.717) is 17.1 Å². The van der Waals surface area contributed by atoms with Gasteiger partial charge in [-0.15, -0.1) is 10.2 Å². The molecule has 10 heteroatoms. The molecule has 0 fully saturated rings. The molecule has 0 aliphatic carbocycles. The predicted molar refractivity (Wildman–Crippen MR) is 124 cm³/mol. The van der Waals surface area contributed by atoms with Crippen LogP contribution < -0.4 is 5.73 Å². The van der Waals surface area contributed by atoms with Crippen molar-refractivity contribution in [2.24, 2.45) is 0 Å². The number of hydrogen-bond donors (Lipinski definition) is 1. The summed E-state index contributed by atoms with van der Waals surface area (Å²) < 4.78 is 30.1. The van der Waals surface area contributed by atoms with Crippen LogP contribution in [0.15, 0.2) is 46.9 Å². The Morgan fingerprint density at radius 2 is 1.81 bits per heavy atom. The van der Waals surface area contributed by atoms with E-state index in [9.17, 15) is 8.42 Å². The van der Waals surface area contributed by atoms with Crippen LogP contribution in [-0.4, -0.2) is 34.7 Å². The van der Waals surface area contributed by atoms with Crippen LogP contribution in [0.1, 0.15) is 28.4 Å². The summed E-state index contributed by atoms with van der Waals surface area (Å²) in [4.78, 5) is 0. The normalized spacial score (nSPS) is 11.8. The van der Waals surface area contributed by atoms with Gasteiger partial charge in [0, 0.05) is 29.5 Å². The molecule has 0 unspecified atom stereocenters. The quantitative estimate of drug-likeness (QED) is 0.423.